The van der Waals surface area contributed by atoms with Crippen molar-refractivity contribution in [2.24, 2.45) is 17.8 Å². The van der Waals surface area contributed by atoms with E-state index >= 15 is 0 Å². The standard InChI is InChI=1S/C21H44/c1-6-9-10-11-12-13-14-17-19(4)18-21(16-8-3)20(5)15-7-2/h19-21H,6-18H2,1-5H3. The van der Waals surface area contributed by atoms with E-state index < -0.39 is 0 Å². The first-order chi connectivity index (χ1) is 10.2. The molecule has 0 aromatic rings. The highest BCUT2D eigenvalue weighted by Crippen LogP contribution is 2.30. The van der Waals surface area contributed by atoms with Crippen LogP contribution in [-0.4, -0.2) is 0 Å². The minimum absolute atomic E-state index is 0.937. The zero-order valence-electron chi connectivity index (χ0n) is 15.9. The molecule has 0 radical (unpaired) electrons. The first kappa shape index (κ1) is 21.0. The molecule has 0 saturated carbocycles. The number of hydrogen-bond acceptors (Lipinski definition) is 0. The van der Waals surface area contributed by atoms with Crippen LogP contribution < -0.4 is 0 Å². The number of rotatable bonds is 15. The van der Waals surface area contributed by atoms with Crippen molar-refractivity contribution < 1.29 is 0 Å². The molecule has 0 aliphatic carbocycles. The van der Waals surface area contributed by atoms with E-state index in [-0.39, 0.29) is 0 Å². The molecule has 0 aromatic heterocycles. The fraction of sp³-hybridized carbons (Fsp3) is 1.00. The van der Waals surface area contributed by atoms with Gasteiger partial charge in [0.05, 0.1) is 0 Å². The number of unbranched alkanes of at least 4 members (excludes halogenated alkanes) is 6. The maximum atomic E-state index is 2.50. The lowest BCUT2D eigenvalue weighted by Crippen LogP contribution is -2.15. The Balaban J connectivity index is 3.74. The Hall–Kier alpha value is 0. The van der Waals surface area contributed by atoms with Gasteiger partial charge in [-0.3, -0.25) is 0 Å². The summed E-state index contributed by atoms with van der Waals surface area (Å²) >= 11 is 0. The van der Waals surface area contributed by atoms with Gasteiger partial charge in [0.25, 0.3) is 0 Å². The van der Waals surface area contributed by atoms with Crippen molar-refractivity contribution in [2.45, 2.75) is 118 Å². The van der Waals surface area contributed by atoms with Crippen LogP contribution in [0.2, 0.25) is 0 Å². The molecular formula is C21H44. The van der Waals surface area contributed by atoms with Crippen molar-refractivity contribution in [3.05, 3.63) is 0 Å². The molecule has 3 atom stereocenters. The Bertz CT molecular complexity index is 196. The van der Waals surface area contributed by atoms with E-state index in [1.54, 1.807) is 0 Å². The van der Waals surface area contributed by atoms with Crippen LogP contribution in [0.1, 0.15) is 118 Å². The van der Waals surface area contributed by atoms with Crippen LogP contribution in [-0.2, 0) is 0 Å². The van der Waals surface area contributed by atoms with Gasteiger partial charge in [-0.1, -0.05) is 112 Å². The predicted octanol–water partition coefficient (Wildman–Crippen LogP) is 8.01. The summed E-state index contributed by atoms with van der Waals surface area (Å²) in [7, 11) is 0. The van der Waals surface area contributed by atoms with Gasteiger partial charge in [-0.05, 0) is 24.2 Å². The van der Waals surface area contributed by atoms with Crippen LogP contribution in [0.25, 0.3) is 0 Å². The van der Waals surface area contributed by atoms with Crippen molar-refractivity contribution in [1.82, 2.24) is 0 Å². The van der Waals surface area contributed by atoms with Crippen LogP contribution in [0.5, 0.6) is 0 Å². The summed E-state index contributed by atoms with van der Waals surface area (Å²) in [5.41, 5.74) is 0. The van der Waals surface area contributed by atoms with Gasteiger partial charge >= 0.3 is 0 Å². The number of hydrogen-bond donors (Lipinski definition) is 0. The first-order valence-electron chi connectivity index (χ1n) is 10.2. The normalized spacial score (nSPS) is 15.9. The Kier molecular flexibility index (Phi) is 14.9. The van der Waals surface area contributed by atoms with Crippen molar-refractivity contribution >= 4 is 0 Å². The lowest BCUT2D eigenvalue weighted by atomic mass is 9.80. The van der Waals surface area contributed by atoms with Crippen molar-refractivity contribution in [2.75, 3.05) is 0 Å². The van der Waals surface area contributed by atoms with E-state index in [9.17, 15) is 0 Å². The average molecular weight is 297 g/mol. The second-order valence-electron chi connectivity index (χ2n) is 7.57. The Morgan fingerprint density at radius 1 is 0.571 bits per heavy atom. The van der Waals surface area contributed by atoms with Crippen molar-refractivity contribution in [3.63, 3.8) is 0 Å². The van der Waals surface area contributed by atoms with Crippen LogP contribution in [0.4, 0.5) is 0 Å². The van der Waals surface area contributed by atoms with E-state index in [4.69, 9.17) is 0 Å². The Morgan fingerprint density at radius 3 is 1.71 bits per heavy atom. The van der Waals surface area contributed by atoms with Gasteiger partial charge in [-0.2, -0.15) is 0 Å². The third-order valence-corrected chi connectivity index (χ3v) is 5.21. The molecule has 0 nitrogen and oxygen atoms in total. The SMILES string of the molecule is CCCCCCCCCC(C)CC(CCC)C(C)CCC. The first-order valence-corrected chi connectivity index (χ1v) is 10.2. The monoisotopic (exact) mass is 296 g/mol. The van der Waals surface area contributed by atoms with Gasteiger partial charge < -0.3 is 0 Å². The minimum atomic E-state index is 0.937. The second kappa shape index (κ2) is 14.9. The van der Waals surface area contributed by atoms with E-state index in [1.165, 1.54) is 83.5 Å². The summed E-state index contributed by atoms with van der Waals surface area (Å²) < 4.78 is 0. The highest BCUT2D eigenvalue weighted by atomic mass is 14.2. The molecule has 0 amide bonds. The van der Waals surface area contributed by atoms with Crippen LogP contribution in [0.15, 0.2) is 0 Å². The lowest BCUT2D eigenvalue weighted by molar-refractivity contribution is 0.250. The smallest absolute Gasteiger partial charge is 0.0386 e. The summed E-state index contributed by atoms with van der Waals surface area (Å²) in [6.45, 7) is 12.0. The predicted molar refractivity (Wildman–Crippen MR) is 98.9 cm³/mol. The third-order valence-electron chi connectivity index (χ3n) is 5.21. The molecule has 0 heterocycles. The molecule has 3 unspecified atom stereocenters. The molecule has 0 aliphatic heterocycles. The molecule has 0 saturated heterocycles. The molecule has 0 heteroatoms. The highest BCUT2D eigenvalue weighted by molar-refractivity contribution is 4.69. The molecular weight excluding hydrogens is 252 g/mol. The van der Waals surface area contributed by atoms with Crippen molar-refractivity contribution in [3.8, 4) is 0 Å². The van der Waals surface area contributed by atoms with Crippen LogP contribution >= 0.6 is 0 Å². The van der Waals surface area contributed by atoms with Gasteiger partial charge in [0, 0.05) is 0 Å². The maximum absolute atomic E-state index is 2.50. The Labute approximate surface area is 136 Å². The molecule has 0 bridgehead atoms. The van der Waals surface area contributed by atoms with E-state index in [0.29, 0.717) is 0 Å². The minimum Gasteiger partial charge on any atom is -0.0654 e. The van der Waals surface area contributed by atoms with Gasteiger partial charge in [-0.15, -0.1) is 0 Å². The van der Waals surface area contributed by atoms with Gasteiger partial charge in [0.1, 0.15) is 0 Å². The van der Waals surface area contributed by atoms with E-state index in [1.807, 2.05) is 0 Å². The third kappa shape index (κ3) is 12.2. The lowest BCUT2D eigenvalue weighted by Gasteiger charge is -2.26. The van der Waals surface area contributed by atoms with E-state index in [0.717, 1.165) is 17.8 Å². The zero-order chi connectivity index (χ0) is 15.9. The molecule has 0 aromatic carbocycles. The average Bonchev–Trinajstić information content (AvgIpc) is 2.46. The molecule has 0 N–H and O–H groups in total. The summed E-state index contributed by atoms with van der Waals surface area (Å²) in [5, 5.41) is 0. The summed E-state index contributed by atoms with van der Waals surface area (Å²) in [6, 6.07) is 0. The zero-order valence-corrected chi connectivity index (χ0v) is 15.9. The molecule has 0 rings (SSSR count). The van der Waals surface area contributed by atoms with Crippen LogP contribution in [0, 0.1) is 17.8 Å². The van der Waals surface area contributed by atoms with E-state index in [2.05, 4.69) is 34.6 Å². The Morgan fingerprint density at radius 2 is 1.14 bits per heavy atom. The summed E-state index contributed by atoms with van der Waals surface area (Å²) in [4.78, 5) is 0. The van der Waals surface area contributed by atoms with Gasteiger partial charge in [0.2, 0.25) is 0 Å². The van der Waals surface area contributed by atoms with Gasteiger partial charge in [0.15, 0.2) is 0 Å². The molecule has 0 aliphatic rings. The van der Waals surface area contributed by atoms with Gasteiger partial charge in [-0.25, -0.2) is 0 Å². The fourth-order valence-electron chi connectivity index (χ4n) is 3.78. The molecule has 21 heavy (non-hydrogen) atoms. The highest BCUT2D eigenvalue weighted by Gasteiger charge is 2.18. The summed E-state index contributed by atoms with van der Waals surface area (Å²) in [5.74, 6) is 2.86. The summed E-state index contributed by atoms with van der Waals surface area (Å²) in [6.07, 6.45) is 18.7. The molecule has 0 fully saturated rings. The largest absolute Gasteiger partial charge is 0.0654 e. The molecule has 0 spiro atoms. The topological polar surface area (TPSA) is 0 Å². The quantitative estimate of drug-likeness (QED) is 0.268. The van der Waals surface area contributed by atoms with Crippen molar-refractivity contribution in [1.29, 1.82) is 0 Å². The van der Waals surface area contributed by atoms with Crippen LogP contribution in [0.3, 0.4) is 0 Å². The second-order valence-corrected chi connectivity index (χ2v) is 7.57. The fourth-order valence-corrected chi connectivity index (χ4v) is 3.78. The molecule has 128 valence electrons. The maximum Gasteiger partial charge on any atom is -0.0386 e.